The summed E-state index contributed by atoms with van der Waals surface area (Å²) in [4.78, 5) is 34.0. The highest BCUT2D eigenvalue weighted by Gasteiger charge is 2.58. The number of aliphatic carboxylic acids is 1. The number of halogens is 3. The lowest BCUT2D eigenvalue weighted by molar-refractivity contribution is -0.193. The van der Waals surface area contributed by atoms with E-state index in [0.717, 1.165) is 0 Å². The largest absolute Gasteiger partial charge is 0.479 e. The normalized spacial score (nSPS) is 14.9. The molecular formula is C7H7F3N4O4. The molecule has 18 heavy (non-hydrogen) atoms. The number of alkyl halides is 3. The van der Waals surface area contributed by atoms with E-state index in [4.69, 9.17) is 5.11 Å². The van der Waals surface area contributed by atoms with Crippen LogP contribution in [0.3, 0.4) is 0 Å². The van der Waals surface area contributed by atoms with Crippen molar-refractivity contribution in [3.05, 3.63) is 20.8 Å². The second-order valence-corrected chi connectivity index (χ2v) is 3.41. The number of rotatable bonds is 3. The molecule has 0 saturated carbocycles. The van der Waals surface area contributed by atoms with Crippen molar-refractivity contribution in [1.82, 2.24) is 15.2 Å². The molecule has 0 aliphatic heterocycles. The Balaban J connectivity index is 3.25. The summed E-state index contributed by atoms with van der Waals surface area (Å²) in [5.41, 5.74) is -5.71. The van der Waals surface area contributed by atoms with Gasteiger partial charge >= 0.3 is 17.8 Å². The van der Waals surface area contributed by atoms with Gasteiger partial charge in [-0.3, -0.25) is 9.78 Å². The molecular weight excluding hydrogens is 261 g/mol. The molecule has 0 bridgehead atoms. The molecule has 0 aromatic carbocycles. The molecule has 1 rings (SSSR count). The Bertz CT molecular complexity index is 577. The summed E-state index contributed by atoms with van der Waals surface area (Å²) >= 11 is 0. The third-order valence-electron chi connectivity index (χ3n) is 2.07. The first kappa shape index (κ1) is 13.7. The number of carbonyl (C=O) groups is 1. The van der Waals surface area contributed by atoms with E-state index in [1.807, 2.05) is 0 Å². The van der Waals surface area contributed by atoms with Gasteiger partial charge < -0.3 is 10.4 Å². The Labute approximate surface area is 95.8 Å². The van der Waals surface area contributed by atoms with Crippen molar-refractivity contribution in [2.24, 2.45) is 0 Å². The van der Waals surface area contributed by atoms with Crippen LogP contribution in [0.15, 0.2) is 9.59 Å². The smallest absolute Gasteiger partial charge is 0.422 e. The predicted octanol–water partition coefficient (Wildman–Crippen LogP) is -0.724. The van der Waals surface area contributed by atoms with Crippen LogP contribution in [-0.4, -0.2) is 38.0 Å². The monoisotopic (exact) mass is 268 g/mol. The van der Waals surface area contributed by atoms with Crippen LogP contribution in [-0.2, 0) is 4.79 Å². The Hall–Kier alpha value is -2.33. The minimum atomic E-state index is -5.18. The summed E-state index contributed by atoms with van der Waals surface area (Å²) in [5.74, 6) is -3.21. The summed E-state index contributed by atoms with van der Waals surface area (Å²) in [6.07, 6.45) is -5.18. The molecule has 1 heterocycles. The number of carboxylic acid groups (broad SMARTS) is 1. The summed E-state index contributed by atoms with van der Waals surface area (Å²) in [5, 5.41) is 14.7. The van der Waals surface area contributed by atoms with E-state index in [2.05, 4.69) is 5.10 Å². The maximum absolute atomic E-state index is 12.6. The Morgan fingerprint density at radius 3 is 2.33 bits per heavy atom. The van der Waals surface area contributed by atoms with Gasteiger partial charge in [-0.15, -0.1) is 5.10 Å². The van der Waals surface area contributed by atoms with Crippen LogP contribution in [0.1, 0.15) is 6.92 Å². The van der Waals surface area contributed by atoms with E-state index in [-0.39, 0.29) is 0 Å². The van der Waals surface area contributed by atoms with Crippen molar-refractivity contribution < 1.29 is 23.1 Å². The predicted molar refractivity (Wildman–Crippen MR) is 51.2 cm³/mol. The molecule has 1 atom stereocenters. The van der Waals surface area contributed by atoms with Crippen LogP contribution in [0.2, 0.25) is 0 Å². The molecule has 0 saturated heterocycles. The van der Waals surface area contributed by atoms with E-state index >= 15 is 0 Å². The third-order valence-corrected chi connectivity index (χ3v) is 2.07. The average molecular weight is 268 g/mol. The molecule has 1 unspecified atom stereocenters. The number of hydrogen-bond acceptors (Lipinski definition) is 5. The topological polar surface area (TPSA) is 128 Å². The molecule has 1 aromatic rings. The van der Waals surface area contributed by atoms with E-state index in [0.29, 0.717) is 6.92 Å². The number of nitrogens with one attached hydrogen (secondary N) is 3. The summed E-state index contributed by atoms with van der Waals surface area (Å²) in [6.45, 7) is 0.321. The van der Waals surface area contributed by atoms with Crippen molar-refractivity contribution in [3.8, 4) is 0 Å². The van der Waals surface area contributed by atoms with Gasteiger partial charge in [0.05, 0.1) is 0 Å². The minimum Gasteiger partial charge on any atom is -0.479 e. The molecule has 4 N–H and O–H groups in total. The van der Waals surface area contributed by atoms with E-state index in [1.54, 1.807) is 10.1 Å². The lowest BCUT2D eigenvalue weighted by Crippen LogP contribution is -2.56. The van der Waals surface area contributed by atoms with E-state index in [1.165, 1.54) is 5.32 Å². The Morgan fingerprint density at radius 1 is 1.39 bits per heavy atom. The van der Waals surface area contributed by atoms with Crippen LogP contribution in [0, 0.1) is 0 Å². The number of carboxylic acids is 1. The second-order valence-electron chi connectivity index (χ2n) is 3.41. The lowest BCUT2D eigenvalue weighted by Gasteiger charge is -2.28. The van der Waals surface area contributed by atoms with Crippen molar-refractivity contribution in [3.63, 3.8) is 0 Å². The van der Waals surface area contributed by atoms with Crippen LogP contribution in [0.5, 0.6) is 0 Å². The van der Waals surface area contributed by atoms with Gasteiger partial charge in [-0.25, -0.2) is 14.7 Å². The number of aromatic nitrogens is 3. The molecule has 0 aliphatic rings. The van der Waals surface area contributed by atoms with Crippen LogP contribution in [0.25, 0.3) is 0 Å². The number of anilines is 1. The molecule has 100 valence electrons. The highest BCUT2D eigenvalue weighted by molar-refractivity contribution is 5.83. The summed E-state index contributed by atoms with van der Waals surface area (Å²) < 4.78 is 37.8. The molecule has 0 amide bonds. The van der Waals surface area contributed by atoms with Crippen molar-refractivity contribution in [1.29, 1.82) is 0 Å². The first-order valence-corrected chi connectivity index (χ1v) is 4.35. The average Bonchev–Trinajstić information content (AvgIpc) is 2.20. The molecule has 0 fully saturated rings. The zero-order valence-electron chi connectivity index (χ0n) is 8.75. The van der Waals surface area contributed by atoms with Crippen molar-refractivity contribution in [2.45, 2.75) is 18.6 Å². The van der Waals surface area contributed by atoms with Crippen LogP contribution in [0.4, 0.5) is 19.0 Å². The fourth-order valence-electron chi connectivity index (χ4n) is 0.915. The van der Waals surface area contributed by atoms with E-state index < -0.39 is 34.8 Å². The fraction of sp³-hybridized carbons (Fsp3) is 0.429. The Kier molecular flexibility index (Phi) is 3.17. The summed E-state index contributed by atoms with van der Waals surface area (Å²) in [7, 11) is 0. The van der Waals surface area contributed by atoms with E-state index in [9.17, 15) is 27.6 Å². The number of nitrogens with zero attached hydrogens (tertiary/aromatic N) is 1. The third kappa shape index (κ3) is 2.33. The minimum absolute atomic E-state index is 0.321. The molecule has 0 spiro atoms. The molecule has 0 aliphatic carbocycles. The lowest BCUT2D eigenvalue weighted by atomic mass is 10.0. The standard InChI is InChI=1S/C7H7F3N4O4/c1-6(4(16)17,7(8,9)10)12-2-3(15)11-5(18)14-13-2/h1H3,(H,12,13)(H,16,17)(H2,11,14,15,18). The van der Waals surface area contributed by atoms with Gasteiger partial charge in [0.25, 0.3) is 5.56 Å². The quantitative estimate of drug-likeness (QED) is 0.572. The molecule has 0 radical (unpaired) electrons. The maximum atomic E-state index is 12.6. The first-order valence-electron chi connectivity index (χ1n) is 4.35. The zero-order chi connectivity index (χ0) is 14.1. The summed E-state index contributed by atoms with van der Waals surface area (Å²) in [6, 6.07) is 0. The highest BCUT2D eigenvalue weighted by Crippen LogP contribution is 2.32. The molecule has 8 nitrogen and oxygen atoms in total. The SMILES string of the molecule is CC(Nc1n[nH]c(=O)[nH]c1=O)(C(=O)O)C(F)(F)F. The number of hydrogen-bond donors (Lipinski definition) is 4. The van der Waals surface area contributed by atoms with Gasteiger partial charge in [0.1, 0.15) is 0 Å². The van der Waals surface area contributed by atoms with Crippen molar-refractivity contribution >= 4 is 11.8 Å². The fourth-order valence-corrected chi connectivity index (χ4v) is 0.915. The second kappa shape index (κ2) is 4.16. The van der Waals surface area contributed by atoms with Gasteiger partial charge in [-0.05, 0) is 6.92 Å². The zero-order valence-corrected chi connectivity index (χ0v) is 8.75. The highest BCUT2D eigenvalue weighted by atomic mass is 19.4. The first-order chi connectivity index (χ1) is 8.08. The molecule has 1 aromatic heterocycles. The van der Waals surface area contributed by atoms with Crippen LogP contribution >= 0.6 is 0 Å². The number of aromatic amines is 2. The maximum Gasteiger partial charge on any atom is 0.422 e. The van der Waals surface area contributed by atoms with Gasteiger partial charge in [-0.2, -0.15) is 13.2 Å². The van der Waals surface area contributed by atoms with Gasteiger partial charge in [0.15, 0.2) is 0 Å². The Morgan fingerprint density at radius 2 is 1.94 bits per heavy atom. The van der Waals surface area contributed by atoms with Gasteiger partial charge in [0, 0.05) is 0 Å². The van der Waals surface area contributed by atoms with Gasteiger partial charge in [-0.1, -0.05) is 0 Å². The number of H-pyrrole nitrogens is 2. The van der Waals surface area contributed by atoms with Crippen LogP contribution < -0.4 is 16.6 Å². The van der Waals surface area contributed by atoms with Gasteiger partial charge in [0.2, 0.25) is 11.4 Å². The van der Waals surface area contributed by atoms with Crippen molar-refractivity contribution in [2.75, 3.05) is 5.32 Å². The molecule has 11 heteroatoms.